The monoisotopic (exact) mass is 418 g/mol. The summed E-state index contributed by atoms with van der Waals surface area (Å²) in [6, 6.07) is 9.37. The van der Waals surface area contributed by atoms with E-state index in [1.807, 2.05) is 42.2 Å². The summed E-state index contributed by atoms with van der Waals surface area (Å²) >= 11 is 0. The summed E-state index contributed by atoms with van der Waals surface area (Å²) in [4.78, 5) is 32.1. The van der Waals surface area contributed by atoms with E-state index in [-0.39, 0.29) is 11.8 Å². The SMILES string of the molecule is Cc1noc2nc(C3CC3)cc(C(=O)NCc3ccc(C(=O)N4CCCCC4)cc3)c12. The molecule has 0 spiro atoms. The third kappa shape index (κ3) is 4.04. The van der Waals surface area contributed by atoms with Gasteiger partial charge in [0.2, 0.25) is 0 Å². The van der Waals surface area contributed by atoms with E-state index in [0.29, 0.717) is 40.4 Å². The number of piperidine rings is 1. The molecule has 0 atom stereocenters. The number of aryl methyl sites for hydroxylation is 1. The minimum atomic E-state index is -0.172. The number of benzene rings is 1. The number of amides is 2. The molecule has 3 aromatic rings. The van der Waals surface area contributed by atoms with E-state index in [1.54, 1.807) is 0 Å². The molecule has 1 N–H and O–H groups in total. The molecule has 2 amide bonds. The second-order valence-corrected chi connectivity index (χ2v) is 8.55. The Balaban J connectivity index is 1.28. The van der Waals surface area contributed by atoms with Gasteiger partial charge in [-0.1, -0.05) is 17.3 Å². The highest BCUT2D eigenvalue weighted by atomic mass is 16.5. The van der Waals surface area contributed by atoms with Gasteiger partial charge >= 0.3 is 0 Å². The van der Waals surface area contributed by atoms with Gasteiger partial charge in [-0.3, -0.25) is 9.59 Å². The van der Waals surface area contributed by atoms with Gasteiger partial charge in [0.25, 0.3) is 17.5 Å². The lowest BCUT2D eigenvalue weighted by molar-refractivity contribution is 0.0724. The van der Waals surface area contributed by atoms with Crippen molar-refractivity contribution in [3.05, 3.63) is 58.4 Å². The summed E-state index contributed by atoms with van der Waals surface area (Å²) < 4.78 is 5.33. The molecule has 1 aliphatic heterocycles. The lowest BCUT2D eigenvalue weighted by Gasteiger charge is -2.26. The number of carbonyl (C=O) groups excluding carboxylic acids is 2. The van der Waals surface area contributed by atoms with Crippen LogP contribution in [0.4, 0.5) is 0 Å². The third-order valence-corrected chi connectivity index (χ3v) is 6.17. The van der Waals surface area contributed by atoms with Crippen molar-refractivity contribution in [3.63, 3.8) is 0 Å². The van der Waals surface area contributed by atoms with Gasteiger partial charge in [-0.2, -0.15) is 0 Å². The molecule has 2 aromatic heterocycles. The fourth-order valence-corrected chi connectivity index (χ4v) is 4.20. The summed E-state index contributed by atoms with van der Waals surface area (Å²) in [5, 5.41) is 7.65. The first-order valence-electron chi connectivity index (χ1n) is 11.0. The van der Waals surface area contributed by atoms with E-state index < -0.39 is 0 Å². The van der Waals surface area contributed by atoms with Crippen molar-refractivity contribution in [2.24, 2.45) is 0 Å². The maximum atomic E-state index is 13.0. The van der Waals surface area contributed by atoms with Crippen molar-refractivity contribution >= 4 is 22.9 Å². The number of nitrogens with zero attached hydrogens (tertiary/aromatic N) is 3. The van der Waals surface area contributed by atoms with E-state index in [2.05, 4.69) is 15.5 Å². The van der Waals surface area contributed by atoms with Crippen LogP contribution in [-0.4, -0.2) is 39.9 Å². The Morgan fingerprint density at radius 1 is 1.13 bits per heavy atom. The summed E-state index contributed by atoms with van der Waals surface area (Å²) in [7, 11) is 0. The maximum absolute atomic E-state index is 13.0. The number of hydrogen-bond donors (Lipinski definition) is 1. The van der Waals surface area contributed by atoms with Gasteiger partial charge in [0.15, 0.2) is 0 Å². The number of likely N-dealkylation sites (tertiary alicyclic amines) is 1. The van der Waals surface area contributed by atoms with Crippen LogP contribution < -0.4 is 5.32 Å². The van der Waals surface area contributed by atoms with Gasteiger partial charge in [0.05, 0.1) is 16.6 Å². The Morgan fingerprint density at radius 2 is 1.87 bits per heavy atom. The average Bonchev–Trinajstić information content (AvgIpc) is 3.60. The molecule has 1 aliphatic carbocycles. The maximum Gasteiger partial charge on any atom is 0.259 e. The Labute approximate surface area is 180 Å². The van der Waals surface area contributed by atoms with Crippen LogP contribution in [0.5, 0.6) is 0 Å². The molecule has 31 heavy (non-hydrogen) atoms. The number of fused-ring (bicyclic) bond motifs is 1. The quantitative estimate of drug-likeness (QED) is 0.677. The molecule has 1 aromatic carbocycles. The highest BCUT2D eigenvalue weighted by Gasteiger charge is 2.28. The zero-order valence-electron chi connectivity index (χ0n) is 17.7. The van der Waals surface area contributed by atoms with Gasteiger partial charge in [-0.25, -0.2) is 4.98 Å². The number of nitrogens with one attached hydrogen (secondary N) is 1. The number of rotatable bonds is 5. The zero-order chi connectivity index (χ0) is 21.4. The van der Waals surface area contributed by atoms with E-state index in [0.717, 1.165) is 50.0 Å². The minimum Gasteiger partial charge on any atom is -0.348 e. The predicted octanol–water partition coefficient (Wildman–Crippen LogP) is 3.96. The summed E-state index contributed by atoms with van der Waals surface area (Å²) in [5.74, 6) is 0.324. The standard InChI is InChI=1S/C24H26N4O3/c1-15-21-19(13-20(17-9-10-17)26-23(21)31-27-15)22(29)25-14-16-5-7-18(8-6-16)24(30)28-11-3-2-4-12-28/h5-8,13,17H,2-4,9-12,14H2,1H3,(H,25,29). The predicted molar refractivity (Wildman–Crippen MR) is 116 cm³/mol. The number of aromatic nitrogens is 2. The van der Waals surface area contributed by atoms with E-state index >= 15 is 0 Å². The Morgan fingerprint density at radius 3 is 2.58 bits per heavy atom. The highest BCUT2D eigenvalue weighted by Crippen LogP contribution is 2.40. The second-order valence-electron chi connectivity index (χ2n) is 8.55. The lowest BCUT2D eigenvalue weighted by atomic mass is 10.1. The number of carbonyl (C=O) groups is 2. The number of hydrogen-bond acceptors (Lipinski definition) is 5. The molecule has 7 heteroatoms. The van der Waals surface area contributed by atoms with Crippen LogP contribution in [0.25, 0.3) is 11.1 Å². The zero-order valence-corrected chi connectivity index (χ0v) is 17.7. The fourth-order valence-electron chi connectivity index (χ4n) is 4.20. The molecule has 2 aliphatic rings. The smallest absolute Gasteiger partial charge is 0.259 e. The second kappa shape index (κ2) is 8.13. The van der Waals surface area contributed by atoms with Crippen molar-refractivity contribution in [2.75, 3.05) is 13.1 Å². The van der Waals surface area contributed by atoms with Gasteiger partial charge in [-0.15, -0.1) is 0 Å². The van der Waals surface area contributed by atoms with Crippen LogP contribution in [0.1, 0.15) is 75.7 Å². The average molecular weight is 418 g/mol. The molecule has 1 saturated heterocycles. The van der Waals surface area contributed by atoms with E-state index in [9.17, 15) is 9.59 Å². The van der Waals surface area contributed by atoms with Crippen molar-refractivity contribution in [2.45, 2.75) is 51.5 Å². The van der Waals surface area contributed by atoms with Crippen LogP contribution in [0, 0.1) is 6.92 Å². The molecular weight excluding hydrogens is 392 g/mol. The normalized spacial score (nSPS) is 16.5. The van der Waals surface area contributed by atoms with Crippen LogP contribution >= 0.6 is 0 Å². The van der Waals surface area contributed by atoms with Crippen molar-refractivity contribution in [3.8, 4) is 0 Å². The Hall–Kier alpha value is -3.22. The molecule has 160 valence electrons. The molecule has 3 heterocycles. The Kier molecular flexibility index (Phi) is 5.18. The van der Waals surface area contributed by atoms with Gasteiger partial charge < -0.3 is 14.7 Å². The highest BCUT2D eigenvalue weighted by molar-refractivity contribution is 6.06. The van der Waals surface area contributed by atoms with Crippen molar-refractivity contribution < 1.29 is 14.1 Å². The van der Waals surface area contributed by atoms with Crippen molar-refractivity contribution in [1.82, 2.24) is 20.4 Å². The first kappa shape index (κ1) is 19.7. The van der Waals surface area contributed by atoms with Crippen LogP contribution in [0.15, 0.2) is 34.9 Å². The Bertz CT molecular complexity index is 1130. The van der Waals surface area contributed by atoms with Crippen LogP contribution in [-0.2, 0) is 6.54 Å². The molecule has 0 unspecified atom stereocenters. The molecule has 1 saturated carbocycles. The van der Waals surface area contributed by atoms with Gasteiger partial charge in [0.1, 0.15) is 0 Å². The first-order valence-corrected chi connectivity index (χ1v) is 11.0. The molecular formula is C24H26N4O3. The molecule has 7 nitrogen and oxygen atoms in total. The summed E-state index contributed by atoms with van der Waals surface area (Å²) in [6.07, 6.45) is 5.53. The van der Waals surface area contributed by atoms with E-state index in [1.165, 1.54) is 6.42 Å². The molecule has 0 bridgehead atoms. The lowest BCUT2D eigenvalue weighted by Crippen LogP contribution is -2.35. The van der Waals surface area contributed by atoms with E-state index in [4.69, 9.17) is 4.52 Å². The topological polar surface area (TPSA) is 88.3 Å². The fraction of sp³-hybridized carbons (Fsp3) is 0.417. The van der Waals surface area contributed by atoms with Crippen LogP contribution in [0.2, 0.25) is 0 Å². The first-order chi connectivity index (χ1) is 15.1. The number of pyridine rings is 1. The largest absolute Gasteiger partial charge is 0.348 e. The van der Waals surface area contributed by atoms with Gasteiger partial charge in [0, 0.05) is 36.8 Å². The van der Waals surface area contributed by atoms with Crippen LogP contribution in [0.3, 0.4) is 0 Å². The minimum absolute atomic E-state index is 0.0880. The van der Waals surface area contributed by atoms with Crippen molar-refractivity contribution in [1.29, 1.82) is 0 Å². The molecule has 2 fully saturated rings. The molecule has 5 rings (SSSR count). The summed E-state index contributed by atoms with van der Waals surface area (Å²) in [6.45, 7) is 3.87. The molecule has 0 radical (unpaired) electrons. The summed E-state index contributed by atoms with van der Waals surface area (Å²) in [5.41, 5.74) is 4.18. The van der Waals surface area contributed by atoms with Gasteiger partial charge in [-0.05, 0) is 62.8 Å². The third-order valence-electron chi connectivity index (χ3n) is 6.17.